The zero-order chi connectivity index (χ0) is 18.6. The van der Waals surface area contributed by atoms with Crippen LogP contribution in [0, 0.1) is 5.92 Å². The van der Waals surface area contributed by atoms with Gasteiger partial charge in [0.05, 0.1) is 5.02 Å². The number of halogens is 1. The van der Waals surface area contributed by atoms with Crippen LogP contribution in [0.3, 0.4) is 0 Å². The molecule has 6 heteroatoms. The third-order valence-corrected chi connectivity index (χ3v) is 5.71. The molecule has 2 aliphatic rings. The summed E-state index contributed by atoms with van der Waals surface area (Å²) in [7, 11) is 0. The Bertz CT molecular complexity index is 764. The predicted molar refractivity (Wildman–Crippen MR) is 108 cm³/mol. The molecule has 2 aromatic rings. The first kappa shape index (κ1) is 18.3. The van der Waals surface area contributed by atoms with Gasteiger partial charge in [-0.3, -0.25) is 4.79 Å². The van der Waals surface area contributed by atoms with Crippen LogP contribution in [0.25, 0.3) is 0 Å². The standard InChI is InChI=1S/C21H25ClN4O/c22-19-5-6-20(24-15-19)25-9-11-26(12-10-25)21(27)18-3-1-16(2-4-18)13-17-7-8-23-14-17/h1-6,15,17,23H,7-14H2. The van der Waals surface area contributed by atoms with E-state index in [2.05, 4.69) is 27.3 Å². The maximum atomic E-state index is 12.8. The van der Waals surface area contributed by atoms with Gasteiger partial charge in [0.15, 0.2) is 0 Å². The number of piperazine rings is 1. The summed E-state index contributed by atoms with van der Waals surface area (Å²) in [6.07, 6.45) is 4.00. The summed E-state index contributed by atoms with van der Waals surface area (Å²) in [6.45, 7) is 5.21. The summed E-state index contributed by atoms with van der Waals surface area (Å²) in [6, 6.07) is 12.0. The molecule has 2 aliphatic heterocycles. The van der Waals surface area contributed by atoms with Gasteiger partial charge in [-0.05, 0) is 61.7 Å². The lowest BCUT2D eigenvalue weighted by Crippen LogP contribution is -2.49. The van der Waals surface area contributed by atoms with Crippen molar-refractivity contribution in [3.05, 3.63) is 58.7 Å². The van der Waals surface area contributed by atoms with E-state index in [1.54, 1.807) is 6.20 Å². The highest BCUT2D eigenvalue weighted by Gasteiger charge is 2.23. The summed E-state index contributed by atoms with van der Waals surface area (Å²) in [5.74, 6) is 1.76. The lowest BCUT2D eigenvalue weighted by atomic mass is 9.98. The number of aromatic nitrogens is 1. The molecule has 1 atom stereocenters. The molecule has 1 unspecified atom stereocenters. The number of carbonyl (C=O) groups excluding carboxylic acids is 1. The molecule has 0 aliphatic carbocycles. The van der Waals surface area contributed by atoms with Gasteiger partial charge in [-0.1, -0.05) is 23.7 Å². The summed E-state index contributed by atoms with van der Waals surface area (Å²) in [4.78, 5) is 21.3. The van der Waals surface area contributed by atoms with Gasteiger partial charge in [0.25, 0.3) is 5.91 Å². The summed E-state index contributed by atoms with van der Waals surface area (Å²) >= 11 is 5.90. The average molecular weight is 385 g/mol. The van der Waals surface area contributed by atoms with Gasteiger partial charge in [-0.2, -0.15) is 0 Å². The fraction of sp³-hybridized carbons (Fsp3) is 0.429. The minimum absolute atomic E-state index is 0.118. The number of rotatable bonds is 4. The van der Waals surface area contributed by atoms with Crippen LogP contribution < -0.4 is 10.2 Å². The van der Waals surface area contributed by atoms with Crippen LogP contribution in [-0.4, -0.2) is 55.1 Å². The summed E-state index contributed by atoms with van der Waals surface area (Å²) < 4.78 is 0. The quantitative estimate of drug-likeness (QED) is 0.880. The molecule has 3 heterocycles. The molecule has 1 aromatic carbocycles. The number of amides is 1. The van der Waals surface area contributed by atoms with E-state index in [4.69, 9.17) is 11.6 Å². The molecular weight excluding hydrogens is 360 g/mol. The zero-order valence-electron chi connectivity index (χ0n) is 15.4. The average Bonchev–Trinajstić information content (AvgIpc) is 3.22. The Morgan fingerprint density at radius 3 is 2.52 bits per heavy atom. The van der Waals surface area contributed by atoms with Crippen molar-refractivity contribution in [2.45, 2.75) is 12.8 Å². The molecule has 0 spiro atoms. The van der Waals surface area contributed by atoms with Gasteiger partial charge in [0.2, 0.25) is 0 Å². The maximum absolute atomic E-state index is 12.8. The molecule has 0 bridgehead atoms. The number of carbonyl (C=O) groups is 1. The monoisotopic (exact) mass is 384 g/mol. The van der Waals surface area contributed by atoms with Gasteiger partial charge >= 0.3 is 0 Å². The van der Waals surface area contributed by atoms with Crippen LogP contribution in [0.15, 0.2) is 42.6 Å². The Morgan fingerprint density at radius 2 is 1.89 bits per heavy atom. The van der Waals surface area contributed by atoms with Crippen molar-refractivity contribution in [2.75, 3.05) is 44.2 Å². The molecule has 0 saturated carbocycles. The van der Waals surface area contributed by atoms with Crippen molar-refractivity contribution in [2.24, 2.45) is 5.92 Å². The second-order valence-corrected chi connectivity index (χ2v) is 7.81. The molecule has 5 nitrogen and oxygen atoms in total. The van der Waals surface area contributed by atoms with Crippen molar-refractivity contribution in [1.82, 2.24) is 15.2 Å². The van der Waals surface area contributed by atoms with Crippen LogP contribution in [0.5, 0.6) is 0 Å². The number of pyridine rings is 1. The van der Waals surface area contributed by atoms with E-state index >= 15 is 0 Å². The first-order chi connectivity index (χ1) is 13.2. The first-order valence-corrected chi connectivity index (χ1v) is 10.0. The van der Waals surface area contributed by atoms with Gasteiger partial charge < -0.3 is 15.1 Å². The molecule has 1 N–H and O–H groups in total. The molecule has 1 aromatic heterocycles. The predicted octanol–water partition coefficient (Wildman–Crippen LogP) is 2.85. The number of hydrogen-bond acceptors (Lipinski definition) is 4. The highest BCUT2D eigenvalue weighted by Crippen LogP contribution is 2.19. The van der Waals surface area contributed by atoms with E-state index in [0.29, 0.717) is 18.1 Å². The summed E-state index contributed by atoms with van der Waals surface area (Å²) in [5.41, 5.74) is 2.10. The minimum atomic E-state index is 0.118. The van der Waals surface area contributed by atoms with Crippen molar-refractivity contribution < 1.29 is 4.79 Å². The lowest BCUT2D eigenvalue weighted by molar-refractivity contribution is 0.0746. The largest absolute Gasteiger partial charge is 0.353 e. The molecule has 2 fully saturated rings. The molecule has 1 amide bonds. The topological polar surface area (TPSA) is 48.5 Å². The second kappa shape index (κ2) is 8.28. The van der Waals surface area contributed by atoms with E-state index in [1.165, 1.54) is 12.0 Å². The van der Waals surface area contributed by atoms with Crippen molar-refractivity contribution in [1.29, 1.82) is 0 Å². The Balaban J connectivity index is 1.32. The zero-order valence-corrected chi connectivity index (χ0v) is 16.2. The van der Waals surface area contributed by atoms with Gasteiger partial charge in [0, 0.05) is 37.9 Å². The second-order valence-electron chi connectivity index (χ2n) is 7.37. The molecule has 4 rings (SSSR count). The van der Waals surface area contributed by atoms with E-state index in [9.17, 15) is 4.79 Å². The fourth-order valence-corrected chi connectivity index (χ4v) is 3.99. The number of anilines is 1. The molecule has 0 radical (unpaired) electrons. The minimum Gasteiger partial charge on any atom is -0.353 e. The van der Waals surface area contributed by atoms with Crippen LogP contribution in [0.2, 0.25) is 5.02 Å². The fourth-order valence-electron chi connectivity index (χ4n) is 3.88. The van der Waals surface area contributed by atoms with E-state index < -0.39 is 0 Å². The van der Waals surface area contributed by atoms with Crippen LogP contribution in [0.4, 0.5) is 5.82 Å². The van der Waals surface area contributed by atoms with Gasteiger partial charge in [-0.15, -0.1) is 0 Å². The number of hydrogen-bond donors (Lipinski definition) is 1. The number of nitrogens with zero attached hydrogens (tertiary/aromatic N) is 3. The SMILES string of the molecule is O=C(c1ccc(CC2CCNC2)cc1)N1CCN(c2ccc(Cl)cn2)CC1. The molecule has 142 valence electrons. The van der Waals surface area contributed by atoms with E-state index in [-0.39, 0.29) is 5.91 Å². The number of benzene rings is 1. The highest BCUT2D eigenvalue weighted by atomic mass is 35.5. The molecule has 27 heavy (non-hydrogen) atoms. The Morgan fingerprint density at radius 1 is 1.11 bits per heavy atom. The number of nitrogens with one attached hydrogen (secondary N) is 1. The smallest absolute Gasteiger partial charge is 0.253 e. The first-order valence-electron chi connectivity index (χ1n) is 9.64. The van der Waals surface area contributed by atoms with Gasteiger partial charge in [-0.25, -0.2) is 4.98 Å². The van der Waals surface area contributed by atoms with Crippen LogP contribution in [0.1, 0.15) is 22.3 Å². The molecule has 2 saturated heterocycles. The summed E-state index contributed by atoms with van der Waals surface area (Å²) in [5, 5.41) is 4.05. The van der Waals surface area contributed by atoms with Crippen LogP contribution in [-0.2, 0) is 6.42 Å². The molecular formula is C21H25ClN4O. The van der Waals surface area contributed by atoms with E-state index in [1.807, 2.05) is 29.2 Å². The lowest BCUT2D eigenvalue weighted by Gasteiger charge is -2.35. The van der Waals surface area contributed by atoms with Crippen molar-refractivity contribution in [3.63, 3.8) is 0 Å². The Labute approximate surface area is 165 Å². The van der Waals surface area contributed by atoms with Crippen molar-refractivity contribution >= 4 is 23.3 Å². The maximum Gasteiger partial charge on any atom is 0.253 e. The van der Waals surface area contributed by atoms with Crippen LogP contribution >= 0.6 is 11.6 Å². The Kier molecular flexibility index (Phi) is 5.60. The van der Waals surface area contributed by atoms with Crippen molar-refractivity contribution in [3.8, 4) is 0 Å². The third-order valence-electron chi connectivity index (χ3n) is 5.49. The normalized spacial score (nSPS) is 20.1. The highest BCUT2D eigenvalue weighted by molar-refractivity contribution is 6.30. The third kappa shape index (κ3) is 4.42. The Hall–Kier alpha value is -2.11. The van der Waals surface area contributed by atoms with Gasteiger partial charge in [0.1, 0.15) is 5.82 Å². The van der Waals surface area contributed by atoms with E-state index in [0.717, 1.165) is 49.9 Å².